The predicted molar refractivity (Wildman–Crippen MR) is 70.4 cm³/mol. The number of ether oxygens (including phenoxy) is 1. The number of nitrogens with one attached hydrogen (secondary N) is 1. The summed E-state index contributed by atoms with van der Waals surface area (Å²) in [7, 11) is 0. The highest BCUT2D eigenvalue weighted by Gasteiger charge is 2.40. The minimum Gasteiger partial charge on any atom is -0.371 e. The van der Waals surface area contributed by atoms with Gasteiger partial charge in [-0.1, -0.05) is 0 Å². The number of carbonyl (C=O) groups excluding carboxylic acids is 1. The van der Waals surface area contributed by atoms with E-state index in [-0.39, 0.29) is 17.7 Å². The molecule has 2 amide bonds. The second-order valence-corrected chi connectivity index (χ2v) is 5.89. The van der Waals surface area contributed by atoms with Crippen molar-refractivity contribution in [3.05, 3.63) is 0 Å². The summed E-state index contributed by atoms with van der Waals surface area (Å²) < 4.78 is 5.96. The molecule has 0 aromatic rings. The molecule has 5 nitrogen and oxygen atoms in total. The van der Waals surface area contributed by atoms with Crippen molar-refractivity contribution in [2.24, 2.45) is 5.73 Å². The second-order valence-electron chi connectivity index (χ2n) is 5.89. The molecule has 0 unspecified atom stereocenters. The lowest BCUT2D eigenvalue weighted by molar-refractivity contribution is -0.118. The van der Waals surface area contributed by atoms with Gasteiger partial charge in [-0.3, -0.25) is 0 Å². The van der Waals surface area contributed by atoms with E-state index in [0.717, 1.165) is 25.7 Å². The molecule has 0 aromatic carbocycles. The van der Waals surface area contributed by atoms with Gasteiger partial charge in [0.25, 0.3) is 0 Å². The summed E-state index contributed by atoms with van der Waals surface area (Å²) in [5.74, 6) is 0. The van der Waals surface area contributed by atoms with Gasteiger partial charge < -0.3 is 20.7 Å². The molecule has 1 aliphatic carbocycles. The van der Waals surface area contributed by atoms with Gasteiger partial charge in [0.1, 0.15) is 0 Å². The van der Waals surface area contributed by atoms with Gasteiger partial charge in [-0.05, 0) is 39.5 Å². The molecule has 18 heavy (non-hydrogen) atoms. The van der Waals surface area contributed by atoms with E-state index >= 15 is 0 Å². The van der Waals surface area contributed by atoms with Gasteiger partial charge in [-0.25, -0.2) is 4.79 Å². The number of hydrogen-bond donors (Lipinski definition) is 2. The maximum Gasteiger partial charge on any atom is 0.317 e. The van der Waals surface area contributed by atoms with Crippen LogP contribution < -0.4 is 11.1 Å². The molecule has 1 heterocycles. The summed E-state index contributed by atoms with van der Waals surface area (Å²) in [6, 6.07) is 0.512. The molecule has 3 N–H and O–H groups in total. The van der Waals surface area contributed by atoms with Gasteiger partial charge in [0.05, 0.1) is 18.8 Å². The van der Waals surface area contributed by atoms with Crippen LogP contribution in [-0.4, -0.2) is 48.3 Å². The van der Waals surface area contributed by atoms with Crippen LogP contribution in [0, 0.1) is 0 Å². The number of urea groups is 1. The fourth-order valence-corrected chi connectivity index (χ4v) is 2.83. The zero-order chi connectivity index (χ0) is 13.2. The molecule has 0 aromatic heterocycles. The summed E-state index contributed by atoms with van der Waals surface area (Å²) >= 11 is 0. The van der Waals surface area contributed by atoms with Crippen LogP contribution >= 0.6 is 0 Å². The average molecular weight is 255 g/mol. The Morgan fingerprint density at radius 3 is 2.72 bits per heavy atom. The van der Waals surface area contributed by atoms with Crippen LogP contribution in [0.5, 0.6) is 0 Å². The first-order chi connectivity index (χ1) is 8.51. The Kier molecular flexibility index (Phi) is 4.12. The molecule has 0 atom stereocenters. The van der Waals surface area contributed by atoms with Crippen LogP contribution in [0.1, 0.15) is 39.5 Å². The summed E-state index contributed by atoms with van der Waals surface area (Å²) in [6.45, 7) is 5.99. The number of amides is 2. The van der Waals surface area contributed by atoms with Crippen molar-refractivity contribution >= 4 is 6.03 Å². The summed E-state index contributed by atoms with van der Waals surface area (Å²) in [5, 5.41) is 2.95. The normalized spacial score (nSPS) is 32.9. The molecule has 0 bridgehead atoms. The fourth-order valence-electron chi connectivity index (χ4n) is 2.83. The average Bonchev–Trinajstić information content (AvgIpc) is 2.33. The number of morpholine rings is 1. The monoisotopic (exact) mass is 255 g/mol. The SMILES string of the molecule is CC(C)NC(=O)N1CCOC2(CCC(N)CC2)C1. The predicted octanol–water partition coefficient (Wildman–Crippen LogP) is 1.08. The molecule has 2 rings (SSSR count). The Balaban J connectivity index is 1.94. The second kappa shape index (κ2) is 5.45. The third kappa shape index (κ3) is 3.14. The zero-order valence-electron chi connectivity index (χ0n) is 11.4. The molecule has 2 aliphatic rings. The van der Waals surface area contributed by atoms with Gasteiger partial charge in [-0.15, -0.1) is 0 Å². The van der Waals surface area contributed by atoms with Crippen molar-refractivity contribution in [2.45, 2.75) is 57.2 Å². The Morgan fingerprint density at radius 1 is 1.44 bits per heavy atom. The van der Waals surface area contributed by atoms with Gasteiger partial charge >= 0.3 is 6.03 Å². The highest BCUT2D eigenvalue weighted by molar-refractivity contribution is 5.74. The van der Waals surface area contributed by atoms with Crippen LogP contribution in [0.3, 0.4) is 0 Å². The lowest BCUT2D eigenvalue weighted by atomic mass is 9.81. The maximum absolute atomic E-state index is 12.0. The van der Waals surface area contributed by atoms with E-state index in [4.69, 9.17) is 10.5 Å². The number of carbonyl (C=O) groups is 1. The first kappa shape index (κ1) is 13.6. The van der Waals surface area contributed by atoms with Crippen LogP contribution in [0.4, 0.5) is 4.79 Å². The molecule has 1 saturated heterocycles. The van der Waals surface area contributed by atoms with Crippen LogP contribution in [-0.2, 0) is 4.74 Å². The minimum absolute atomic E-state index is 0.0301. The van der Waals surface area contributed by atoms with Gasteiger partial charge in [-0.2, -0.15) is 0 Å². The van der Waals surface area contributed by atoms with Crippen molar-refractivity contribution in [1.29, 1.82) is 0 Å². The van der Waals surface area contributed by atoms with E-state index in [1.165, 1.54) is 0 Å². The fraction of sp³-hybridized carbons (Fsp3) is 0.923. The molecule has 0 radical (unpaired) electrons. The maximum atomic E-state index is 12.0. The first-order valence-electron chi connectivity index (χ1n) is 6.96. The third-order valence-electron chi connectivity index (χ3n) is 3.89. The van der Waals surface area contributed by atoms with E-state index in [1.54, 1.807) is 0 Å². The Labute approximate surface area is 109 Å². The van der Waals surface area contributed by atoms with E-state index in [9.17, 15) is 4.79 Å². The Bertz CT molecular complexity index is 299. The van der Waals surface area contributed by atoms with Crippen molar-refractivity contribution in [1.82, 2.24) is 10.2 Å². The standard InChI is InChI=1S/C13H25N3O2/c1-10(2)15-12(17)16-7-8-18-13(9-16)5-3-11(14)4-6-13/h10-11H,3-9,14H2,1-2H3,(H,15,17). The molecule has 1 aliphatic heterocycles. The van der Waals surface area contributed by atoms with Crippen molar-refractivity contribution in [2.75, 3.05) is 19.7 Å². The van der Waals surface area contributed by atoms with Crippen molar-refractivity contribution < 1.29 is 9.53 Å². The Hall–Kier alpha value is -0.810. The van der Waals surface area contributed by atoms with Gasteiger partial charge in [0, 0.05) is 18.6 Å². The van der Waals surface area contributed by atoms with Crippen LogP contribution in [0.2, 0.25) is 0 Å². The third-order valence-corrected chi connectivity index (χ3v) is 3.89. The summed E-state index contributed by atoms with van der Waals surface area (Å²) in [6.07, 6.45) is 3.94. The lowest BCUT2D eigenvalue weighted by Crippen LogP contribution is -2.58. The highest BCUT2D eigenvalue weighted by atomic mass is 16.5. The smallest absolute Gasteiger partial charge is 0.317 e. The number of rotatable bonds is 1. The van der Waals surface area contributed by atoms with Gasteiger partial charge in [0.2, 0.25) is 0 Å². The number of hydrogen-bond acceptors (Lipinski definition) is 3. The summed E-state index contributed by atoms with van der Waals surface area (Å²) in [4.78, 5) is 13.9. The van der Waals surface area contributed by atoms with Crippen molar-refractivity contribution in [3.63, 3.8) is 0 Å². The molecule has 1 spiro atoms. The molecular weight excluding hydrogens is 230 g/mol. The van der Waals surface area contributed by atoms with E-state index in [2.05, 4.69) is 5.32 Å². The number of nitrogens with two attached hydrogens (primary N) is 1. The quantitative estimate of drug-likeness (QED) is 0.736. The highest BCUT2D eigenvalue weighted by Crippen LogP contribution is 2.34. The first-order valence-corrected chi connectivity index (χ1v) is 6.96. The van der Waals surface area contributed by atoms with Crippen molar-refractivity contribution in [3.8, 4) is 0 Å². The molecule has 2 fully saturated rings. The van der Waals surface area contributed by atoms with Crippen LogP contribution in [0.15, 0.2) is 0 Å². The molecule has 1 saturated carbocycles. The molecule has 104 valence electrons. The topological polar surface area (TPSA) is 67.6 Å². The number of nitrogens with zero attached hydrogens (tertiary/aromatic N) is 1. The van der Waals surface area contributed by atoms with E-state index < -0.39 is 0 Å². The van der Waals surface area contributed by atoms with Gasteiger partial charge in [0.15, 0.2) is 0 Å². The van der Waals surface area contributed by atoms with E-state index in [0.29, 0.717) is 25.7 Å². The lowest BCUT2D eigenvalue weighted by Gasteiger charge is -2.46. The molecular formula is C13H25N3O2. The van der Waals surface area contributed by atoms with E-state index in [1.807, 2.05) is 18.7 Å². The van der Waals surface area contributed by atoms with Crippen LogP contribution in [0.25, 0.3) is 0 Å². The largest absolute Gasteiger partial charge is 0.371 e. The zero-order valence-corrected chi connectivity index (χ0v) is 11.4. The molecule has 5 heteroatoms. The Morgan fingerprint density at radius 2 is 2.11 bits per heavy atom. The summed E-state index contributed by atoms with van der Waals surface area (Å²) in [5.41, 5.74) is 5.80. The minimum atomic E-state index is -0.136.